The Morgan fingerprint density at radius 3 is 2.59 bits per heavy atom. The minimum absolute atomic E-state index is 0.0354. The number of pyridine rings is 1. The van der Waals surface area contributed by atoms with Gasteiger partial charge >= 0.3 is 5.97 Å². The average Bonchev–Trinajstić information content (AvgIpc) is 2.29. The molecular weight excluding hydrogens is 244 g/mol. The van der Waals surface area contributed by atoms with Crippen molar-refractivity contribution in [3.8, 4) is 0 Å². The van der Waals surface area contributed by atoms with E-state index in [2.05, 4.69) is 4.98 Å². The molecule has 1 saturated heterocycles. The van der Waals surface area contributed by atoms with Gasteiger partial charge in [0.15, 0.2) is 15.5 Å². The van der Waals surface area contributed by atoms with Crippen molar-refractivity contribution in [3.63, 3.8) is 0 Å². The fraction of sp³-hybridized carbons (Fsp3) is 0.400. The fourth-order valence-corrected chi connectivity index (χ4v) is 2.97. The molecule has 17 heavy (non-hydrogen) atoms. The van der Waals surface area contributed by atoms with E-state index in [0.717, 1.165) is 0 Å². The molecule has 2 rings (SSSR count). The summed E-state index contributed by atoms with van der Waals surface area (Å²) in [5, 5.41) is 8.99. The number of carboxylic acids is 1. The van der Waals surface area contributed by atoms with Gasteiger partial charge in [-0.2, -0.15) is 0 Å². The summed E-state index contributed by atoms with van der Waals surface area (Å²) in [7, 11) is -2.97. The summed E-state index contributed by atoms with van der Waals surface area (Å²) in [6.07, 6.45) is 1.41. The molecule has 0 aliphatic carbocycles. The van der Waals surface area contributed by atoms with Crippen molar-refractivity contribution >= 4 is 21.5 Å². The van der Waals surface area contributed by atoms with Crippen LogP contribution < -0.4 is 4.90 Å². The first-order valence-electron chi connectivity index (χ1n) is 5.13. The first-order chi connectivity index (χ1) is 7.99. The van der Waals surface area contributed by atoms with Gasteiger partial charge in [-0.1, -0.05) is 0 Å². The van der Waals surface area contributed by atoms with Crippen LogP contribution >= 0.6 is 0 Å². The van der Waals surface area contributed by atoms with Crippen LogP contribution in [0.5, 0.6) is 0 Å². The number of hydrogen-bond acceptors (Lipinski definition) is 5. The summed E-state index contributed by atoms with van der Waals surface area (Å²) in [6, 6.07) is 3.29. The van der Waals surface area contributed by atoms with E-state index in [1.165, 1.54) is 6.20 Å². The van der Waals surface area contributed by atoms with Crippen LogP contribution in [0.15, 0.2) is 18.3 Å². The van der Waals surface area contributed by atoms with Gasteiger partial charge in [0.1, 0.15) is 0 Å². The number of aromatic carboxylic acids is 1. The van der Waals surface area contributed by atoms with E-state index < -0.39 is 15.8 Å². The zero-order valence-electron chi connectivity index (χ0n) is 9.04. The number of carboxylic acid groups (broad SMARTS) is 1. The highest BCUT2D eigenvalue weighted by Gasteiger charge is 2.24. The van der Waals surface area contributed by atoms with Gasteiger partial charge in [0.25, 0.3) is 0 Å². The summed E-state index contributed by atoms with van der Waals surface area (Å²) < 4.78 is 22.6. The van der Waals surface area contributed by atoms with Crippen molar-refractivity contribution in [2.24, 2.45) is 0 Å². The van der Waals surface area contributed by atoms with Crippen molar-refractivity contribution in [3.05, 3.63) is 24.0 Å². The summed E-state index contributed by atoms with van der Waals surface area (Å²) in [6.45, 7) is 0.628. The van der Waals surface area contributed by atoms with Gasteiger partial charge in [0.2, 0.25) is 0 Å². The molecule has 1 aliphatic heterocycles. The van der Waals surface area contributed by atoms with Crippen molar-refractivity contribution in [2.45, 2.75) is 0 Å². The molecule has 1 aromatic rings. The molecular formula is C10H12N2O4S. The highest BCUT2D eigenvalue weighted by atomic mass is 32.2. The molecule has 1 N–H and O–H groups in total. The van der Waals surface area contributed by atoms with Crippen LogP contribution in [0.25, 0.3) is 0 Å². The van der Waals surface area contributed by atoms with Crippen LogP contribution in [-0.4, -0.2) is 49.1 Å². The second kappa shape index (κ2) is 4.33. The first-order valence-corrected chi connectivity index (χ1v) is 6.95. The maximum Gasteiger partial charge on any atom is 0.356 e. The van der Waals surface area contributed by atoms with Gasteiger partial charge in [-0.05, 0) is 12.1 Å². The number of sulfone groups is 1. The van der Waals surface area contributed by atoms with Crippen molar-refractivity contribution in [1.29, 1.82) is 0 Å². The van der Waals surface area contributed by atoms with Crippen LogP contribution in [0.1, 0.15) is 10.5 Å². The predicted octanol–water partition coefficient (Wildman–Crippen LogP) is 0.0146. The van der Waals surface area contributed by atoms with E-state index in [-0.39, 0.29) is 17.2 Å². The molecule has 0 radical (unpaired) electrons. The monoisotopic (exact) mass is 256 g/mol. The van der Waals surface area contributed by atoms with Gasteiger partial charge < -0.3 is 10.0 Å². The van der Waals surface area contributed by atoms with Crippen LogP contribution in [-0.2, 0) is 9.84 Å². The fourth-order valence-electron chi connectivity index (χ4n) is 1.77. The normalized spacial score (nSPS) is 18.9. The smallest absolute Gasteiger partial charge is 0.356 e. The van der Waals surface area contributed by atoms with Gasteiger partial charge in [-0.15, -0.1) is 0 Å². The minimum Gasteiger partial charge on any atom is -0.476 e. The van der Waals surface area contributed by atoms with Gasteiger partial charge in [-0.25, -0.2) is 18.2 Å². The number of aromatic nitrogens is 1. The van der Waals surface area contributed by atoms with Crippen LogP contribution in [0.4, 0.5) is 5.69 Å². The molecule has 0 bridgehead atoms. The molecule has 1 fully saturated rings. The number of nitrogens with zero attached hydrogens (tertiary/aromatic N) is 2. The van der Waals surface area contributed by atoms with Gasteiger partial charge in [-0.3, -0.25) is 0 Å². The Morgan fingerprint density at radius 2 is 2.00 bits per heavy atom. The molecule has 92 valence electrons. The van der Waals surface area contributed by atoms with Crippen molar-refractivity contribution in [2.75, 3.05) is 29.5 Å². The SMILES string of the molecule is O=C(O)c1ncccc1N1CCS(=O)(=O)CC1. The molecule has 0 aromatic carbocycles. The van der Waals surface area contributed by atoms with Crippen molar-refractivity contribution < 1.29 is 18.3 Å². The van der Waals surface area contributed by atoms with E-state index in [1.54, 1.807) is 17.0 Å². The molecule has 6 nitrogen and oxygen atoms in total. The van der Waals surface area contributed by atoms with Gasteiger partial charge in [0.05, 0.1) is 17.2 Å². The maximum absolute atomic E-state index is 11.3. The largest absolute Gasteiger partial charge is 0.476 e. The Balaban J connectivity index is 2.27. The lowest BCUT2D eigenvalue weighted by Gasteiger charge is -2.29. The third-order valence-corrected chi connectivity index (χ3v) is 4.28. The minimum atomic E-state index is -2.97. The van der Waals surface area contributed by atoms with Crippen LogP contribution in [0, 0.1) is 0 Å². The Bertz CT molecular complexity index is 527. The summed E-state index contributed by atoms with van der Waals surface area (Å²) in [5.41, 5.74) is 0.446. The molecule has 7 heteroatoms. The summed E-state index contributed by atoms with van der Waals surface area (Å²) in [4.78, 5) is 16.5. The van der Waals surface area contributed by atoms with Crippen molar-refractivity contribution in [1.82, 2.24) is 4.98 Å². The Labute approximate surface area is 98.8 Å². The van der Waals surface area contributed by atoms with E-state index >= 15 is 0 Å². The maximum atomic E-state index is 11.3. The number of rotatable bonds is 2. The molecule has 0 atom stereocenters. The Hall–Kier alpha value is -1.63. The number of carbonyl (C=O) groups is 1. The van der Waals surface area contributed by atoms with E-state index in [4.69, 9.17) is 5.11 Å². The second-order valence-corrected chi connectivity index (χ2v) is 6.12. The summed E-state index contributed by atoms with van der Waals surface area (Å²) in [5.74, 6) is -0.990. The highest BCUT2D eigenvalue weighted by Crippen LogP contribution is 2.20. The number of hydrogen-bond donors (Lipinski definition) is 1. The average molecular weight is 256 g/mol. The third-order valence-electron chi connectivity index (χ3n) is 2.67. The van der Waals surface area contributed by atoms with E-state index in [1.807, 2.05) is 0 Å². The van der Waals surface area contributed by atoms with Gasteiger partial charge in [0, 0.05) is 19.3 Å². The molecule has 1 aromatic heterocycles. The predicted molar refractivity (Wildman–Crippen MR) is 62.1 cm³/mol. The Morgan fingerprint density at radius 1 is 1.35 bits per heavy atom. The lowest BCUT2D eigenvalue weighted by molar-refractivity contribution is 0.0691. The Kier molecular flexibility index (Phi) is 3.01. The quantitative estimate of drug-likeness (QED) is 0.802. The van der Waals surface area contributed by atoms with E-state index in [0.29, 0.717) is 18.8 Å². The molecule has 0 spiro atoms. The highest BCUT2D eigenvalue weighted by molar-refractivity contribution is 7.91. The summed E-state index contributed by atoms with van der Waals surface area (Å²) >= 11 is 0. The molecule has 1 aliphatic rings. The standard InChI is InChI=1S/C10H12N2O4S/c13-10(14)9-8(2-1-3-11-9)12-4-6-17(15,16)7-5-12/h1-3H,4-7H2,(H,13,14). The molecule has 0 saturated carbocycles. The van der Waals surface area contributed by atoms with Crippen LogP contribution in [0.3, 0.4) is 0 Å². The topological polar surface area (TPSA) is 87.6 Å². The number of anilines is 1. The molecule has 2 heterocycles. The lowest BCUT2D eigenvalue weighted by Crippen LogP contribution is -2.41. The lowest BCUT2D eigenvalue weighted by atomic mass is 10.2. The zero-order valence-corrected chi connectivity index (χ0v) is 9.85. The third kappa shape index (κ3) is 2.55. The first kappa shape index (κ1) is 11.8. The van der Waals surface area contributed by atoms with Crippen LogP contribution in [0.2, 0.25) is 0 Å². The molecule has 0 amide bonds. The zero-order chi connectivity index (χ0) is 12.5. The van der Waals surface area contributed by atoms with E-state index in [9.17, 15) is 13.2 Å². The molecule has 0 unspecified atom stereocenters. The second-order valence-electron chi connectivity index (χ2n) is 3.82.